The molecule has 1 aromatic rings. The average molecular weight is 392 g/mol. The van der Waals surface area contributed by atoms with Gasteiger partial charge >= 0.3 is 0 Å². The van der Waals surface area contributed by atoms with Gasteiger partial charge in [0.15, 0.2) is 5.96 Å². The number of nitrogens with zero attached hydrogens (tertiary/aromatic N) is 2. The summed E-state index contributed by atoms with van der Waals surface area (Å²) in [5.41, 5.74) is 1.60. The van der Waals surface area contributed by atoms with Gasteiger partial charge in [-0.3, -0.25) is 4.99 Å². The highest BCUT2D eigenvalue weighted by atomic mass is 19.1. The number of rotatable bonds is 7. The Kier molecular flexibility index (Phi) is 8.10. The number of ether oxygens (including phenoxy) is 2. The van der Waals surface area contributed by atoms with Gasteiger partial charge in [-0.15, -0.1) is 0 Å². The van der Waals surface area contributed by atoms with Gasteiger partial charge in [0.1, 0.15) is 5.82 Å². The first-order chi connectivity index (χ1) is 13.7. The second-order valence-electron chi connectivity index (χ2n) is 7.93. The van der Waals surface area contributed by atoms with Crippen LogP contribution in [-0.4, -0.2) is 50.8 Å². The third-order valence-electron chi connectivity index (χ3n) is 5.86. The Bertz CT molecular complexity index is 639. The van der Waals surface area contributed by atoms with Crippen molar-refractivity contribution >= 4 is 5.96 Å². The number of hydrogen-bond donors (Lipinski definition) is 1. The lowest BCUT2D eigenvalue weighted by molar-refractivity contribution is 0.00101. The number of hydrogen-bond acceptors (Lipinski definition) is 3. The molecule has 156 valence electrons. The summed E-state index contributed by atoms with van der Waals surface area (Å²) < 4.78 is 25.0. The standard InChI is InChI=1S/C22H34FN3O2/c1-24-22(25-14-18-7-8-21(23)19(13-18)16-27-2)26-11-9-20(10-12-26)28-15-17-5-3-4-6-17/h7-8,13,17,20H,3-6,9-12,14-16H2,1-2H3,(H,24,25). The Hall–Kier alpha value is -1.66. The minimum absolute atomic E-state index is 0.227. The van der Waals surface area contributed by atoms with Crippen LogP contribution in [0.3, 0.4) is 0 Å². The molecule has 1 heterocycles. The number of aliphatic imine (C=N–C) groups is 1. The average Bonchev–Trinajstić information content (AvgIpc) is 3.24. The first kappa shape index (κ1) is 21.1. The largest absolute Gasteiger partial charge is 0.380 e. The lowest BCUT2D eigenvalue weighted by Crippen LogP contribution is -2.46. The SMILES string of the molecule is CN=C(NCc1ccc(F)c(COC)c1)N1CCC(OCC2CCCC2)CC1. The normalized spacial score (nSPS) is 19.4. The Balaban J connectivity index is 1.44. The summed E-state index contributed by atoms with van der Waals surface area (Å²) in [7, 11) is 3.39. The third-order valence-corrected chi connectivity index (χ3v) is 5.86. The lowest BCUT2D eigenvalue weighted by atomic mass is 10.1. The van der Waals surface area contributed by atoms with E-state index in [1.807, 2.05) is 13.1 Å². The Morgan fingerprint density at radius 2 is 1.96 bits per heavy atom. The highest BCUT2D eigenvalue weighted by molar-refractivity contribution is 5.79. The van der Waals surface area contributed by atoms with Crippen molar-refractivity contribution < 1.29 is 13.9 Å². The summed E-state index contributed by atoms with van der Waals surface area (Å²) >= 11 is 0. The van der Waals surface area contributed by atoms with Crippen molar-refractivity contribution in [3.8, 4) is 0 Å². The van der Waals surface area contributed by atoms with Crippen molar-refractivity contribution in [2.45, 2.75) is 57.8 Å². The number of benzene rings is 1. The van der Waals surface area contributed by atoms with Gasteiger partial charge in [0.2, 0.25) is 0 Å². The van der Waals surface area contributed by atoms with Crippen LogP contribution in [0.5, 0.6) is 0 Å². The zero-order chi connectivity index (χ0) is 19.8. The van der Waals surface area contributed by atoms with Crippen molar-refractivity contribution in [1.82, 2.24) is 10.2 Å². The zero-order valence-corrected chi connectivity index (χ0v) is 17.3. The number of guanidine groups is 1. The molecule has 1 saturated heterocycles. The van der Waals surface area contributed by atoms with Gasteiger partial charge in [-0.05, 0) is 49.3 Å². The Morgan fingerprint density at radius 1 is 1.21 bits per heavy atom. The van der Waals surface area contributed by atoms with Crippen molar-refractivity contribution in [3.05, 3.63) is 35.1 Å². The maximum atomic E-state index is 13.8. The molecule has 0 bridgehead atoms. The zero-order valence-electron chi connectivity index (χ0n) is 17.3. The van der Waals surface area contributed by atoms with Crippen LogP contribution in [-0.2, 0) is 22.6 Å². The van der Waals surface area contributed by atoms with Gasteiger partial charge in [0, 0.05) is 46.0 Å². The molecule has 1 saturated carbocycles. The fraction of sp³-hybridized carbons (Fsp3) is 0.682. The summed E-state index contributed by atoms with van der Waals surface area (Å²) in [5, 5.41) is 3.41. The molecule has 0 unspecified atom stereocenters. The fourth-order valence-electron chi connectivity index (χ4n) is 4.20. The summed E-state index contributed by atoms with van der Waals surface area (Å²) in [6.07, 6.45) is 7.88. The third kappa shape index (κ3) is 5.92. The van der Waals surface area contributed by atoms with Crippen LogP contribution < -0.4 is 5.32 Å². The molecule has 1 aliphatic heterocycles. The smallest absolute Gasteiger partial charge is 0.193 e. The minimum atomic E-state index is -0.227. The summed E-state index contributed by atoms with van der Waals surface area (Å²) in [5.74, 6) is 1.45. The second kappa shape index (κ2) is 10.8. The van der Waals surface area contributed by atoms with Crippen molar-refractivity contribution in [1.29, 1.82) is 0 Å². The number of nitrogens with one attached hydrogen (secondary N) is 1. The predicted molar refractivity (Wildman–Crippen MR) is 110 cm³/mol. The number of methoxy groups -OCH3 is 1. The molecular weight excluding hydrogens is 357 g/mol. The van der Waals surface area contributed by atoms with Crippen LogP contribution in [0.25, 0.3) is 0 Å². The number of likely N-dealkylation sites (tertiary alicyclic amines) is 1. The molecule has 0 spiro atoms. The molecule has 0 amide bonds. The van der Waals surface area contributed by atoms with Crippen LogP contribution >= 0.6 is 0 Å². The van der Waals surface area contributed by atoms with Gasteiger partial charge in [0.25, 0.3) is 0 Å². The van der Waals surface area contributed by atoms with Gasteiger partial charge in [-0.2, -0.15) is 0 Å². The summed E-state index contributed by atoms with van der Waals surface area (Å²) in [6, 6.07) is 5.15. The minimum Gasteiger partial charge on any atom is -0.380 e. The van der Waals surface area contributed by atoms with Crippen LogP contribution in [0, 0.1) is 11.7 Å². The Labute approximate surface area is 168 Å². The van der Waals surface area contributed by atoms with E-state index in [2.05, 4.69) is 15.2 Å². The summed E-state index contributed by atoms with van der Waals surface area (Å²) in [6.45, 7) is 3.73. The molecule has 0 atom stereocenters. The van der Waals surface area contributed by atoms with Gasteiger partial charge < -0.3 is 19.7 Å². The first-order valence-electron chi connectivity index (χ1n) is 10.5. The van der Waals surface area contributed by atoms with Crippen molar-refractivity contribution in [2.75, 3.05) is 33.9 Å². The summed E-state index contributed by atoms with van der Waals surface area (Å²) in [4.78, 5) is 6.72. The van der Waals surface area contributed by atoms with Gasteiger partial charge in [0.05, 0.1) is 12.7 Å². The van der Waals surface area contributed by atoms with E-state index >= 15 is 0 Å². The molecular formula is C22H34FN3O2. The van der Waals surface area contributed by atoms with Gasteiger partial charge in [-0.1, -0.05) is 18.9 Å². The van der Waals surface area contributed by atoms with E-state index in [-0.39, 0.29) is 12.4 Å². The van der Waals surface area contributed by atoms with Crippen LogP contribution in [0.15, 0.2) is 23.2 Å². The van der Waals surface area contributed by atoms with E-state index in [9.17, 15) is 4.39 Å². The Morgan fingerprint density at radius 3 is 2.64 bits per heavy atom. The van der Waals surface area contributed by atoms with Crippen LogP contribution in [0.4, 0.5) is 4.39 Å². The molecule has 0 aromatic heterocycles. The molecule has 0 radical (unpaired) electrons. The monoisotopic (exact) mass is 391 g/mol. The molecule has 3 rings (SSSR count). The molecule has 1 N–H and O–H groups in total. The van der Waals surface area contributed by atoms with Crippen LogP contribution in [0.2, 0.25) is 0 Å². The number of halogens is 1. The molecule has 28 heavy (non-hydrogen) atoms. The van der Waals surface area contributed by atoms with E-state index in [4.69, 9.17) is 9.47 Å². The topological polar surface area (TPSA) is 46.1 Å². The lowest BCUT2D eigenvalue weighted by Gasteiger charge is -2.34. The molecule has 2 fully saturated rings. The van der Waals surface area contributed by atoms with Gasteiger partial charge in [-0.25, -0.2) is 4.39 Å². The number of piperidine rings is 1. The molecule has 1 aliphatic carbocycles. The highest BCUT2D eigenvalue weighted by Gasteiger charge is 2.23. The van der Waals surface area contributed by atoms with E-state index in [1.54, 1.807) is 13.2 Å². The molecule has 6 heteroatoms. The maximum absolute atomic E-state index is 13.8. The van der Waals surface area contributed by atoms with E-state index in [1.165, 1.54) is 31.7 Å². The van der Waals surface area contributed by atoms with Crippen molar-refractivity contribution in [3.63, 3.8) is 0 Å². The fourth-order valence-corrected chi connectivity index (χ4v) is 4.20. The highest BCUT2D eigenvalue weighted by Crippen LogP contribution is 2.26. The molecule has 5 nitrogen and oxygen atoms in total. The van der Waals surface area contributed by atoms with E-state index < -0.39 is 0 Å². The van der Waals surface area contributed by atoms with E-state index in [0.29, 0.717) is 18.2 Å². The predicted octanol–water partition coefficient (Wildman–Crippen LogP) is 3.72. The van der Waals surface area contributed by atoms with Crippen molar-refractivity contribution in [2.24, 2.45) is 10.9 Å². The quantitative estimate of drug-likeness (QED) is 0.568. The molecule has 2 aliphatic rings. The van der Waals surface area contributed by atoms with Crippen LogP contribution in [0.1, 0.15) is 49.7 Å². The second-order valence-corrected chi connectivity index (χ2v) is 7.93. The molecule has 1 aromatic carbocycles. The first-order valence-corrected chi connectivity index (χ1v) is 10.5. The maximum Gasteiger partial charge on any atom is 0.193 e. The van der Waals surface area contributed by atoms with E-state index in [0.717, 1.165) is 50.0 Å².